The zero-order chi connectivity index (χ0) is 25.8. The van der Waals surface area contributed by atoms with Crippen LogP contribution in [0.1, 0.15) is 16.1 Å². The number of aromatic nitrogens is 2. The Kier molecular flexibility index (Phi) is 6.83. The molecule has 7 nitrogen and oxygen atoms in total. The molecular weight excluding hydrogens is 486 g/mol. The lowest BCUT2D eigenvalue weighted by molar-refractivity contribution is -0.387. The molecule has 1 aromatic heterocycles. The lowest BCUT2D eigenvalue weighted by Gasteiger charge is -2.11. The maximum Gasteiger partial charge on any atom is 0.344 e. The van der Waals surface area contributed by atoms with Crippen LogP contribution in [-0.4, -0.2) is 20.7 Å². The van der Waals surface area contributed by atoms with Gasteiger partial charge in [-0.25, -0.2) is 4.79 Å². The molecule has 0 aliphatic heterocycles. The zero-order valence-corrected chi connectivity index (χ0v) is 20.6. The molecule has 0 saturated carbocycles. The molecule has 0 saturated heterocycles. The van der Waals surface area contributed by atoms with Gasteiger partial charge in [-0.1, -0.05) is 84.6 Å². The molecule has 5 rings (SSSR count). The fourth-order valence-electron chi connectivity index (χ4n) is 3.82. The summed E-state index contributed by atoms with van der Waals surface area (Å²) in [5.41, 5.74) is 3.64. The molecule has 4 aromatic carbocycles. The normalized spacial score (nSPS) is 10.7. The number of benzene rings is 4. The van der Waals surface area contributed by atoms with Crippen molar-refractivity contribution in [2.24, 2.45) is 0 Å². The summed E-state index contributed by atoms with van der Waals surface area (Å²) in [6, 6.07) is 32.8. The van der Waals surface area contributed by atoms with Gasteiger partial charge in [-0.15, -0.1) is 0 Å². The van der Waals surface area contributed by atoms with Crippen molar-refractivity contribution < 1.29 is 14.5 Å². The van der Waals surface area contributed by atoms with Gasteiger partial charge in [0.05, 0.1) is 31.7 Å². The number of nitro groups is 1. The van der Waals surface area contributed by atoms with Crippen LogP contribution in [0.4, 0.5) is 5.69 Å². The van der Waals surface area contributed by atoms with E-state index in [0.29, 0.717) is 26.7 Å². The topological polar surface area (TPSA) is 87.3 Å². The number of nitrogens with zero attached hydrogens (tertiary/aromatic N) is 3. The van der Waals surface area contributed by atoms with Crippen molar-refractivity contribution in [3.8, 4) is 22.7 Å². The minimum atomic E-state index is -0.555. The second-order valence-electron chi connectivity index (χ2n) is 8.13. The van der Waals surface area contributed by atoms with Crippen molar-refractivity contribution >= 4 is 23.4 Å². The smallest absolute Gasteiger partial charge is 0.344 e. The highest BCUT2D eigenvalue weighted by atomic mass is 32.2. The van der Waals surface area contributed by atoms with E-state index in [-0.39, 0.29) is 11.6 Å². The maximum atomic E-state index is 13.3. The Morgan fingerprint density at radius 3 is 2.11 bits per heavy atom. The molecule has 0 aliphatic rings. The number of carbonyl (C=O) groups excluding carboxylic acids is 1. The highest BCUT2D eigenvalue weighted by Gasteiger charge is 2.25. The third-order valence-electron chi connectivity index (χ3n) is 5.66. The van der Waals surface area contributed by atoms with Gasteiger partial charge in [-0.2, -0.15) is 9.78 Å². The molecule has 0 radical (unpaired) electrons. The molecule has 0 aliphatic carbocycles. The molecule has 182 valence electrons. The third kappa shape index (κ3) is 5.14. The Balaban J connectivity index is 1.52. The van der Waals surface area contributed by atoms with Crippen LogP contribution in [0.15, 0.2) is 119 Å². The fourth-order valence-corrected chi connectivity index (χ4v) is 4.84. The van der Waals surface area contributed by atoms with Crippen molar-refractivity contribution in [2.75, 3.05) is 0 Å². The Labute approximate surface area is 217 Å². The van der Waals surface area contributed by atoms with Crippen molar-refractivity contribution in [1.29, 1.82) is 0 Å². The first kappa shape index (κ1) is 24.0. The van der Waals surface area contributed by atoms with Crippen molar-refractivity contribution in [2.45, 2.75) is 16.7 Å². The Morgan fingerprint density at radius 2 is 1.43 bits per heavy atom. The molecule has 8 heteroatoms. The number of para-hydroxylation sites is 2. The average Bonchev–Trinajstić information content (AvgIpc) is 3.24. The van der Waals surface area contributed by atoms with E-state index in [4.69, 9.17) is 4.74 Å². The highest BCUT2D eigenvalue weighted by molar-refractivity contribution is 7.99. The molecule has 0 fully saturated rings. The summed E-state index contributed by atoms with van der Waals surface area (Å²) in [5, 5.41) is 16.2. The zero-order valence-electron chi connectivity index (χ0n) is 19.8. The number of carbonyl (C=O) groups is 1. The quantitative estimate of drug-likeness (QED) is 0.132. The molecule has 5 aromatic rings. The molecule has 1 heterocycles. The van der Waals surface area contributed by atoms with E-state index in [1.165, 1.54) is 6.07 Å². The molecule has 0 atom stereocenters. The van der Waals surface area contributed by atoms with E-state index in [1.807, 2.05) is 72.8 Å². The van der Waals surface area contributed by atoms with Crippen LogP contribution < -0.4 is 4.74 Å². The number of esters is 1. The Morgan fingerprint density at radius 1 is 0.838 bits per heavy atom. The summed E-state index contributed by atoms with van der Waals surface area (Å²) >= 11 is 1.15. The molecule has 0 N–H and O–H groups in total. The number of nitro benzene ring substituents is 1. The SMILES string of the molecule is Cc1nn(-c2ccccc2)c(OC(=O)c2ccc(-c3ccccc3)cc2)c1Sc1ccccc1[N+](=O)[O-]. The number of hydrogen-bond donors (Lipinski definition) is 0. The van der Waals surface area contributed by atoms with E-state index in [1.54, 1.807) is 41.9 Å². The number of hydrogen-bond acceptors (Lipinski definition) is 6. The Hall–Kier alpha value is -4.69. The monoisotopic (exact) mass is 507 g/mol. The largest absolute Gasteiger partial charge is 0.402 e. The van der Waals surface area contributed by atoms with Gasteiger partial charge in [0.1, 0.15) is 0 Å². The van der Waals surface area contributed by atoms with Crippen LogP contribution in [0.25, 0.3) is 16.8 Å². The molecular formula is C29H21N3O4S. The first-order valence-electron chi connectivity index (χ1n) is 11.5. The van der Waals surface area contributed by atoms with E-state index in [9.17, 15) is 14.9 Å². The number of rotatable bonds is 7. The van der Waals surface area contributed by atoms with Crippen LogP contribution in [0.5, 0.6) is 5.88 Å². The van der Waals surface area contributed by atoms with E-state index in [2.05, 4.69) is 5.10 Å². The summed E-state index contributed by atoms with van der Waals surface area (Å²) < 4.78 is 7.47. The van der Waals surface area contributed by atoms with Gasteiger partial charge in [-0.05, 0) is 48.4 Å². The summed E-state index contributed by atoms with van der Waals surface area (Å²) in [4.78, 5) is 25.4. The highest BCUT2D eigenvalue weighted by Crippen LogP contribution is 2.42. The van der Waals surface area contributed by atoms with Gasteiger partial charge in [0, 0.05) is 6.07 Å². The summed E-state index contributed by atoms with van der Waals surface area (Å²) in [7, 11) is 0. The van der Waals surface area contributed by atoms with Crippen LogP contribution in [0, 0.1) is 17.0 Å². The minimum absolute atomic E-state index is 0.0341. The predicted octanol–water partition coefficient (Wildman–Crippen LogP) is 7.13. The lowest BCUT2D eigenvalue weighted by atomic mass is 10.0. The third-order valence-corrected chi connectivity index (χ3v) is 6.90. The van der Waals surface area contributed by atoms with Gasteiger partial charge in [0.2, 0.25) is 5.88 Å². The van der Waals surface area contributed by atoms with Crippen molar-refractivity contribution in [3.05, 3.63) is 131 Å². The lowest BCUT2D eigenvalue weighted by Crippen LogP contribution is -2.12. The van der Waals surface area contributed by atoms with Gasteiger partial charge in [0.25, 0.3) is 5.69 Å². The van der Waals surface area contributed by atoms with Gasteiger partial charge in [0.15, 0.2) is 0 Å². The molecule has 0 bridgehead atoms. The average molecular weight is 508 g/mol. The number of ether oxygens (including phenoxy) is 1. The standard InChI is InChI=1S/C29H21N3O4S/c1-20-27(37-26-15-9-8-14-25(26)32(34)35)28(31(30-20)24-12-6-3-7-13-24)36-29(33)23-18-16-22(17-19-23)21-10-4-2-5-11-21/h2-19H,1H3. The molecule has 0 amide bonds. The maximum absolute atomic E-state index is 13.3. The minimum Gasteiger partial charge on any atom is -0.402 e. The summed E-state index contributed by atoms with van der Waals surface area (Å²) in [6.07, 6.45) is 0. The Bertz CT molecular complexity index is 1570. The molecule has 0 spiro atoms. The van der Waals surface area contributed by atoms with E-state index in [0.717, 1.165) is 22.9 Å². The fraction of sp³-hybridized carbons (Fsp3) is 0.0345. The van der Waals surface area contributed by atoms with Gasteiger partial charge < -0.3 is 4.74 Å². The molecule has 0 unspecified atom stereocenters. The van der Waals surface area contributed by atoms with E-state index < -0.39 is 10.9 Å². The first-order valence-corrected chi connectivity index (χ1v) is 12.3. The summed E-state index contributed by atoms with van der Waals surface area (Å²) in [6.45, 7) is 1.78. The van der Waals surface area contributed by atoms with E-state index >= 15 is 0 Å². The number of aryl methyl sites for hydroxylation is 1. The van der Waals surface area contributed by atoms with Crippen LogP contribution in [0.3, 0.4) is 0 Å². The van der Waals surface area contributed by atoms with Crippen molar-refractivity contribution in [3.63, 3.8) is 0 Å². The summed E-state index contributed by atoms with van der Waals surface area (Å²) in [5.74, 6) is -0.356. The van der Waals surface area contributed by atoms with Crippen LogP contribution >= 0.6 is 11.8 Å². The first-order chi connectivity index (χ1) is 18.0. The van der Waals surface area contributed by atoms with Crippen LogP contribution in [-0.2, 0) is 0 Å². The molecule has 37 heavy (non-hydrogen) atoms. The van der Waals surface area contributed by atoms with Crippen LogP contribution in [0.2, 0.25) is 0 Å². The van der Waals surface area contributed by atoms with Gasteiger partial charge in [-0.3, -0.25) is 10.1 Å². The van der Waals surface area contributed by atoms with Crippen molar-refractivity contribution in [1.82, 2.24) is 9.78 Å². The second kappa shape index (κ2) is 10.5. The second-order valence-corrected chi connectivity index (χ2v) is 9.18. The van der Waals surface area contributed by atoms with Gasteiger partial charge >= 0.3 is 5.97 Å². The predicted molar refractivity (Wildman–Crippen MR) is 142 cm³/mol.